The lowest BCUT2D eigenvalue weighted by molar-refractivity contribution is 0.674. The smallest absolute Gasteiger partial charge is 0.0437 e. The van der Waals surface area contributed by atoms with Crippen LogP contribution in [0.25, 0.3) is 0 Å². The average Bonchev–Trinajstić information content (AvgIpc) is 2.81. The monoisotopic (exact) mass is 256 g/mol. The molecule has 2 atom stereocenters. The first-order valence-electron chi connectivity index (χ1n) is 6.16. The number of benzene rings is 1. The highest BCUT2D eigenvalue weighted by atomic mass is 32.2. The summed E-state index contributed by atoms with van der Waals surface area (Å²) in [5.41, 5.74) is 10.1. The van der Waals surface area contributed by atoms with Crippen LogP contribution >= 0.6 is 11.8 Å². The molecular formula is C15H16N2S. The molecule has 0 bridgehead atoms. The molecule has 2 unspecified atom stereocenters. The van der Waals surface area contributed by atoms with E-state index in [9.17, 15) is 0 Å². The Balaban J connectivity index is 1.82. The first kappa shape index (κ1) is 11.8. The van der Waals surface area contributed by atoms with Gasteiger partial charge in [-0.1, -0.05) is 24.3 Å². The van der Waals surface area contributed by atoms with E-state index in [2.05, 4.69) is 42.2 Å². The maximum atomic E-state index is 6.39. The molecule has 0 radical (unpaired) electrons. The van der Waals surface area contributed by atoms with E-state index in [1.54, 1.807) is 0 Å². The van der Waals surface area contributed by atoms with E-state index in [0.717, 1.165) is 12.0 Å². The highest BCUT2D eigenvalue weighted by Gasteiger charge is 2.28. The number of fused-ring (bicyclic) bond motifs is 1. The molecule has 1 aliphatic rings. The molecule has 1 aromatic heterocycles. The van der Waals surface area contributed by atoms with Crippen LogP contribution in [0.5, 0.6) is 0 Å². The summed E-state index contributed by atoms with van der Waals surface area (Å²) in [5, 5.41) is 0.422. The number of hydrogen-bond acceptors (Lipinski definition) is 3. The first-order valence-corrected chi connectivity index (χ1v) is 7.04. The molecule has 0 spiro atoms. The van der Waals surface area contributed by atoms with Crippen LogP contribution in [0.2, 0.25) is 0 Å². The minimum Gasteiger partial charge on any atom is -0.323 e. The zero-order valence-corrected chi connectivity index (χ0v) is 11.2. The van der Waals surface area contributed by atoms with Gasteiger partial charge in [-0.25, -0.2) is 0 Å². The van der Waals surface area contributed by atoms with Crippen molar-refractivity contribution >= 4 is 11.8 Å². The van der Waals surface area contributed by atoms with E-state index in [0.29, 0.717) is 5.25 Å². The molecule has 92 valence electrons. The fourth-order valence-corrected chi connectivity index (χ4v) is 3.74. The average molecular weight is 256 g/mol. The van der Waals surface area contributed by atoms with Gasteiger partial charge in [-0.3, -0.25) is 4.98 Å². The number of pyridine rings is 1. The van der Waals surface area contributed by atoms with Gasteiger partial charge in [0.1, 0.15) is 0 Å². The van der Waals surface area contributed by atoms with Crippen molar-refractivity contribution in [2.45, 2.75) is 29.5 Å². The maximum Gasteiger partial charge on any atom is 0.0437 e. The number of nitrogens with zero attached hydrogens (tertiary/aromatic N) is 1. The van der Waals surface area contributed by atoms with Gasteiger partial charge in [0.05, 0.1) is 0 Å². The van der Waals surface area contributed by atoms with Crippen molar-refractivity contribution in [1.82, 2.24) is 4.98 Å². The van der Waals surface area contributed by atoms with Crippen LogP contribution in [-0.2, 0) is 6.42 Å². The number of rotatable bonds is 2. The topological polar surface area (TPSA) is 38.9 Å². The summed E-state index contributed by atoms with van der Waals surface area (Å²) in [5.74, 6) is 0. The van der Waals surface area contributed by atoms with Crippen molar-refractivity contribution < 1.29 is 0 Å². The number of aromatic nitrogens is 1. The molecule has 18 heavy (non-hydrogen) atoms. The van der Waals surface area contributed by atoms with E-state index in [-0.39, 0.29) is 6.04 Å². The Morgan fingerprint density at radius 3 is 2.94 bits per heavy atom. The van der Waals surface area contributed by atoms with Crippen LogP contribution in [0.15, 0.2) is 47.6 Å². The summed E-state index contributed by atoms with van der Waals surface area (Å²) in [6.45, 7) is 2.06. The van der Waals surface area contributed by atoms with Crippen LogP contribution in [0.3, 0.4) is 0 Å². The van der Waals surface area contributed by atoms with Crippen molar-refractivity contribution in [3.63, 3.8) is 0 Å². The van der Waals surface area contributed by atoms with Crippen LogP contribution in [0, 0.1) is 6.92 Å². The summed E-state index contributed by atoms with van der Waals surface area (Å²) >= 11 is 1.89. The Morgan fingerprint density at radius 2 is 2.17 bits per heavy atom. The summed E-state index contributed by atoms with van der Waals surface area (Å²) < 4.78 is 0. The third kappa shape index (κ3) is 2.16. The van der Waals surface area contributed by atoms with Gasteiger partial charge in [-0.15, -0.1) is 11.8 Å². The lowest BCUT2D eigenvalue weighted by Gasteiger charge is -2.18. The molecule has 0 amide bonds. The molecule has 0 saturated carbocycles. The Hall–Kier alpha value is -1.32. The number of aryl methyl sites for hydroxylation is 1. The SMILES string of the molecule is Cc1cncc(C(N)C2Cc3ccccc3S2)c1. The Kier molecular flexibility index (Phi) is 3.10. The summed E-state index contributed by atoms with van der Waals surface area (Å²) in [6.07, 6.45) is 4.81. The second kappa shape index (κ2) is 4.75. The molecule has 0 aliphatic carbocycles. The zero-order chi connectivity index (χ0) is 12.5. The number of thioether (sulfide) groups is 1. The second-order valence-electron chi connectivity index (χ2n) is 4.79. The molecule has 2 N–H and O–H groups in total. The fraction of sp³-hybridized carbons (Fsp3) is 0.267. The van der Waals surface area contributed by atoms with Crippen molar-refractivity contribution in [2.24, 2.45) is 5.73 Å². The summed E-state index contributed by atoms with van der Waals surface area (Å²) in [4.78, 5) is 5.61. The molecule has 1 aliphatic heterocycles. The minimum atomic E-state index is 0.0507. The van der Waals surface area contributed by atoms with Gasteiger partial charge < -0.3 is 5.73 Å². The van der Waals surface area contributed by atoms with E-state index in [1.165, 1.54) is 16.0 Å². The standard InChI is InChI=1S/C15H16N2S/c1-10-6-12(9-17-8-10)15(16)14-7-11-4-2-3-5-13(11)18-14/h2-6,8-9,14-15H,7,16H2,1H3. The highest BCUT2D eigenvalue weighted by molar-refractivity contribution is 8.00. The van der Waals surface area contributed by atoms with E-state index in [4.69, 9.17) is 5.73 Å². The van der Waals surface area contributed by atoms with Gasteiger partial charge >= 0.3 is 0 Å². The maximum absolute atomic E-state index is 6.39. The highest BCUT2D eigenvalue weighted by Crippen LogP contribution is 2.41. The van der Waals surface area contributed by atoms with E-state index in [1.807, 2.05) is 24.2 Å². The Morgan fingerprint density at radius 1 is 1.33 bits per heavy atom. The second-order valence-corrected chi connectivity index (χ2v) is 6.07. The van der Waals surface area contributed by atoms with Gasteiger partial charge in [0.2, 0.25) is 0 Å². The van der Waals surface area contributed by atoms with Gasteiger partial charge in [0, 0.05) is 28.6 Å². The predicted octanol–water partition coefficient (Wildman–Crippen LogP) is 3.11. The van der Waals surface area contributed by atoms with Gasteiger partial charge in [-0.2, -0.15) is 0 Å². The molecule has 1 aromatic carbocycles. The van der Waals surface area contributed by atoms with Crippen molar-refractivity contribution in [1.29, 1.82) is 0 Å². The van der Waals surface area contributed by atoms with Gasteiger partial charge in [-0.05, 0) is 36.1 Å². The fourth-order valence-electron chi connectivity index (χ4n) is 2.38. The van der Waals surface area contributed by atoms with Crippen LogP contribution in [0.4, 0.5) is 0 Å². The summed E-state index contributed by atoms with van der Waals surface area (Å²) in [7, 11) is 0. The third-order valence-corrected chi connectivity index (χ3v) is 4.77. The Labute approximate surface area is 112 Å². The first-order chi connectivity index (χ1) is 8.74. The molecule has 0 fully saturated rings. The molecule has 3 heteroatoms. The third-order valence-electron chi connectivity index (χ3n) is 3.35. The molecule has 0 saturated heterocycles. The minimum absolute atomic E-state index is 0.0507. The largest absolute Gasteiger partial charge is 0.323 e. The van der Waals surface area contributed by atoms with E-state index >= 15 is 0 Å². The normalized spacial score (nSPS) is 19.6. The predicted molar refractivity (Wildman–Crippen MR) is 75.7 cm³/mol. The van der Waals surface area contributed by atoms with Crippen molar-refractivity contribution in [3.8, 4) is 0 Å². The van der Waals surface area contributed by atoms with Gasteiger partial charge in [0.25, 0.3) is 0 Å². The molecule has 2 heterocycles. The summed E-state index contributed by atoms with van der Waals surface area (Å²) in [6, 6.07) is 10.8. The molecule has 3 rings (SSSR count). The lowest BCUT2D eigenvalue weighted by atomic mass is 10.00. The van der Waals surface area contributed by atoms with Crippen LogP contribution < -0.4 is 5.73 Å². The molecule has 2 nitrogen and oxygen atoms in total. The van der Waals surface area contributed by atoms with Crippen LogP contribution in [0.1, 0.15) is 22.7 Å². The van der Waals surface area contributed by atoms with E-state index < -0.39 is 0 Å². The Bertz CT molecular complexity index is 543. The quantitative estimate of drug-likeness (QED) is 0.897. The molecular weight excluding hydrogens is 240 g/mol. The molecule has 2 aromatic rings. The number of nitrogens with two attached hydrogens (primary N) is 1. The lowest BCUT2D eigenvalue weighted by Crippen LogP contribution is -2.23. The van der Waals surface area contributed by atoms with Gasteiger partial charge in [0.15, 0.2) is 0 Å². The zero-order valence-electron chi connectivity index (χ0n) is 10.3. The van der Waals surface area contributed by atoms with Crippen LogP contribution in [-0.4, -0.2) is 10.2 Å². The van der Waals surface area contributed by atoms with Crippen molar-refractivity contribution in [2.75, 3.05) is 0 Å². The number of hydrogen-bond donors (Lipinski definition) is 1. The van der Waals surface area contributed by atoms with Crippen molar-refractivity contribution in [3.05, 3.63) is 59.4 Å².